The van der Waals surface area contributed by atoms with E-state index in [2.05, 4.69) is 15.9 Å². The number of benzene rings is 4. The van der Waals surface area contributed by atoms with Crippen LogP contribution < -0.4 is 24.4 Å². The fraction of sp³-hybridized carbons (Fsp3) is 0.162. The van der Waals surface area contributed by atoms with Crippen LogP contribution in [0.15, 0.2) is 116 Å². The van der Waals surface area contributed by atoms with E-state index in [0.717, 1.165) is 21.6 Å². The summed E-state index contributed by atoms with van der Waals surface area (Å²) in [5, 5.41) is 0. The number of ether oxygens (including phenoxy) is 3. The summed E-state index contributed by atoms with van der Waals surface area (Å²) in [6, 6.07) is 26.2. The molecule has 0 amide bonds. The van der Waals surface area contributed by atoms with Crippen molar-refractivity contribution in [3.63, 3.8) is 0 Å². The van der Waals surface area contributed by atoms with Crippen LogP contribution in [-0.2, 0) is 16.1 Å². The number of nitrogens with zero attached hydrogens (tertiary/aromatic N) is 2. The second kappa shape index (κ2) is 14.8. The highest BCUT2D eigenvalue weighted by Crippen LogP contribution is 2.38. The first-order valence-corrected chi connectivity index (χ1v) is 17.8. The van der Waals surface area contributed by atoms with E-state index in [0.29, 0.717) is 42.1 Å². The van der Waals surface area contributed by atoms with Gasteiger partial charge in [-0.2, -0.15) is 0 Å². The number of hydrogen-bond donors (Lipinski definition) is 0. The summed E-state index contributed by atoms with van der Waals surface area (Å²) in [5.74, 6) is 0.0764. The molecule has 11 heteroatoms. The first-order chi connectivity index (χ1) is 23.3. The maximum atomic E-state index is 14.3. The van der Waals surface area contributed by atoms with Crippen LogP contribution in [0.3, 0.4) is 0 Å². The number of esters is 1. The summed E-state index contributed by atoms with van der Waals surface area (Å²) in [6.45, 7) is 2.13. The molecule has 0 N–H and O–H groups in total. The molecule has 0 unspecified atom stereocenters. The number of rotatable bonds is 10. The molecule has 2 heterocycles. The van der Waals surface area contributed by atoms with Crippen molar-refractivity contribution in [1.82, 2.24) is 4.57 Å². The van der Waals surface area contributed by atoms with Crippen LogP contribution in [0.5, 0.6) is 11.5 Å². The van der Waals surface area contributed by atoms with Crippen LogP contribution in [0.1, 0.15) is 35.2 Å². The lowest BCUT2D eigenvalue weighted by atomic mass is 9.93. The highest BCUT2D eigenvalue weighted by molar-refractivity contribution is 9.10. The summed E-state index contributed by atoms with van der Waals surface area (Å²) in [6.07, 6.45) is 3.76. The zero-order valence-electron chi connectivity index (χ0n) is 26.2. The predicted molar refractivity (Wildman–Crippen MR) is 191 cm³/mol. The topological polar surface area (TPSA) is 79.1 Å². The Morgan fingerprint density at radius 1 is 1.06 bits per heavy atom. The highest BCUT2D eigenvalue weighted by Gasteiger charge is 2.35. The average molecular weight is 746 g/mol. The standard InChI is InChI=1S/C37H30BrFN2O5S2/c1-4-45-36(43)31-32(24-8-6-5-7-9-24)40-37-41(33(31)25-12-16-27(47-3)17-13-25)35(42)30(48-37)20-23-18-28(38)34(29(19-23)44-2)46-21-22-10-14-26(39)15-11-22/h5-20,33H,4,21H2,1-3H3/b30-20-/t33-/m1/s1. The van der Waals surface area contributed by atoms with E-state index in [1.165, 1.54) is 30.6 Å². The summed E-state index contributed by atoms with van der Waals surface area (Å²) >= 11 is 6.44. The molecule has 0 radical (unpaired) electrons. The summed E-state index contributed by atoms with van der Waals surface area (Å²) in [7, 11) is 1.54. The van der Waals surface area contributed by atoms with Crippen LogP contribution >= 0.6 is 39.0 Å². The number of aromatic nitrogens is 1. The molecule has 6 rings (SSSR count). The maximum Gasteiger partial charge on any atom is 0.338 e. The lowest BCUT2D eigenvalue weighted by Gasteiger charge is -2.26. The molecule has 1 aliphatic rings. The Bertz CT molecular complexity index is 2180. The number of thiazole rings is 1. The molecule has 244 valence electrons. The zero-order chi connectivity index (χ0) is 33.8. The minimum atomic E-state index is -0.767. The van der Waals surface area contributed by atoms with Crippen molar-refractivity contribution in [3.05, 3.63) is 149 Å². The van der Waals surface area contributed by atoms with Gasteiger partial charge in [0.05, 0.1) is 40.0 Å². The van der Waals surface area contributed by atoms with E-state index in [9.17, 15) is 14.0 Å². The molecule has 0 fully saturated rings. The Morgan fingerprint density at radius 3 is 2.46 bits per heavy atom. The van der Waals surface area contributed by atoms with Gasteiger partial charge in [-0.1, -0.05) is 65.9 Å². The molecule has 7 nitrogen and oxygen atoms in total. The van der Waals surface area contributed by atoms with Gasteiger partial charge in [0.2, 0.25) is 0 Å². The van der Waals surface area contributed by atoms with E-state index in [1.807, 2.05) is 66.9 Å². The summed E-state index contributed by atoms with van der Waals surface area (Å²) in [5.41, 5.74) is 3.46. The van der Waals surface area contributed by atoms with Gasteiger partial charge in [0.1, 0.15) is 12.4 Å². The predicted octanol–water partition coefficient (Wildman–Crippen LogP) is 7.15. The second-order valence-corrected chi connectivity index (χ2v) is 13.4. The summed E-state index contributed by atoms with van der Waals surface area (Å²) < 4.78 is 33.2. The molecule has 0 bridgehead atoms. The number of hydrogen-bond acceptors (Lipinski definition) is 8. The third kappa shape index (κ3) is 6.89. The van der Waals surface area contributed by atoms with Gasteiger partial charge in [-0.05, 0) is 88.3 Å². The molecule has 1 atom stereocenters. The van der Waals surface area contributed by atoms with E-state index in [4.69, 9.17) is 19.2 Å². The monoisotopic (exact) mass is 744 g/mol. The normalized spacial score (nSPS) is 14.4. The Hall–Kier alpha value is -4.45. The van der Waals surface area contributed by atoms with Crippen molar-refractivity contribution in [1.29, 1.82) is 0 Å². The van der Waals surface area contributed by atoms with Crippen molar-refractivity contribution >= 4 is 56.8 Å². The lowest BCUT2D eigenvalue weighted by molar-refractivity contribution is -0.138. The van der Waals surface area contributed by atoms with E-state index < -0.39 is 12.0 Å². The largest absolute Gasteiger partial charge is 0.493 e. The van der Waals surface area contributed by atoms with E-state index in [-0.39, 0.29) is 24.6 Å². The van der Waals surface area contributed by atoms with Crippen molar-refractivity contribution in [3.8, 4) is 11.5 Å². The van der Waals surface area contributed by atoms with Gasteiger partial charge < -0.3 is 14.2 Å². The lowest BCUT2D eigenvalue weighted by Crippen LogP contribution is -2.40. The van der Waals surface area contributed by atoms with Gasteiger partial charge in [0.25, 0.3) is 5.56 Å². The van der Waals surface area contributed by atoms with E-state index >= 15 is 0 Å². The molecule has 0 spiro atoms. The third-order valence-corrected chi connectivity index (χ3v) is 9.97. The van der Waals surface area contributed by atoms with Crippen LogP contribution in [0.4, 0.5) is 4.39 Å². The fourth-order valence-corrected chi connectivity index (χ4v) is 7.38. The highest BCUT2D eigenvalue weighted by atomic mass is 79.9. The van der Waals surface area contributed by atoms with Crippen molar-refractivity contribution in [2.24, 2.45) is 4.99 Å². The van der Waals surface area contributed by atoms with Crippen LogP contribution in [0.2, 0.25) is 0 Å². The fourth-order valence-electron chi connectivity index (χ4n) is 5.39. The molecule has 4 aromatic carbocycles. The number of methoxy groups -OCH3 is 1. The van der Waals surface area contributed by atoms with Gasteiger partial charge in [-0.3, -0.25) is 9.36 Å². The van der Waals surface area contributed by atoms with Crippen molar-refractivity contribution < 1.29 is 23.4 Å². The van der Waals surface area contributed by atoms with Crippen LogP contribution in [0, 0.1) is 5.82 Å². The molecule has 0 aliphatic carbocycles. The Labute approximate surface area is 293 Å². The number of carbonyl (C=O) groups excluding carboxylic acids is 1. The molecule has 5 aromatic rings. The Balaban J connectivity index is 1.49. The van der Waals surface area contributed by atoms with E-state index in [1.54, 1.807) is 47.5 Å². The smallest absolute Gasteiger partial charge is 0.338 e. The number of fused-ring (bicyclic) bond motifs is 1. The SMILES string of the molecule is CCOC(=O)C1=C(c2ccccc2)N=c2s/c(=C\c3cc(Br)c(OCc4ccc(F)cc4)c(OC)c3)c(=O)n2[C@@H]1c1ccc(SC)cc1. The van der Waals surface area contributed by atoms with Gasteiger partial charge in [0, 0.05) is 10.5 Å². The maximum absolute atomic E-state index is 14.3. The molecular formula is C37H30BrFN2O5S2. The quantitative estimate of drug-likeness (QED) is 0.112. The molecule has 1 aromatic heterocycles. The molecule has 0 saturated heterocycles. The second-order valence-electron chi connectivity index (χ2n) is 10.7. The van der Waals surface area contributed by atoms with Crippen LogP contribution in [0.25, 0.3) is 11.8 Å². The van der Waals surface area contributed by atoms with Gasteiger partial charge in [-0.15, -0.1) is 11.8 Å². The van der Waals surface area contributed by atoms with Crippen LogP contribution in [-0.4, -0.2) is 30.5 Å². The molecule has 0 saturated carbocycles. The van der Waals surface area contributed by atoms with Gasteiger partial charge >= 0.3 is 5.97 Å². The van der Waals surface area contributed by atoms with Gasteiger partial charge in [-0.25, -0.2) is 14.2 Å². The molecule has 1 aliphatic heterocycles. The van der Waals surface area contributed by atoms with Gasteiger partial charge in [0.15, 0.2) is 16.3 Å². The first kappa shape index (κ1) is 33.5. The zero-order valence-corrected chi connectivity index (χ0v) is 29.5. The molecule has 48 heavy (non-hydrogen) atoms. The summed E-state index contributed by atoms with van der Waals surface area (Å²) in [4.78, 5) is 34.4. The number of carbonyl (C=O) groups is 1. The molecular weight excluding hydrogens is 715 g/mol. The minimum absolute atomic E-state index is 0.174. The third-order valence-electron chi connectivity index (χ3n) is 7.65. The minimum Gasteiger partial charge on any atom is -0.493 e. The van der Waals surface area contributed by atoms with Crippen molar-refractivity contribution in [2.45, 2.75) is 24.5 Å². The average Bonchev–Trinajstić information content (AvgIpc) is 3.41. The number of thioether (sulfide) groups is 1. The number of halogens is 2. The Morgan fingerprint density at radius 2 is 1.79 bits per heavy atom. The Kier molecular flexibility index (Phi) is 10.3. The first-order valence-electron chi connectivity index (χ1n) is 15.0. The van der Waals surface area contributed by atoms with Crippen molar-refractivity contribution in [2.75, 3.05) is 20.0 Å².